The molecule has 1 aliphatic rings. The van der Waals surface area contributed by atoms with Crippen LogP contribution in [0.2, 0.25) is 0 Å². The third kappa shape index (κ3) is 6.26. The van der Waals surface area contributed by atoms with E-state index in [2.05, 4.69) is 16.8 Å². The molecule has 1 fully saturated rings. The molecule has 2 heterocycles. The molecule has 5 nitrogen and oxygen atoms in total. The average Bonchev–Trinajstić information content (AvgIpc) is 3.39. The van der Waals surface area contributed by atoms with Crippen LogP contribution >= 0.6 is 11.3 Å². The van der Waals surface area contributed by atoms with Crippen molar-refractivity contribution in [3.8, 4) is 11.5 Å². The standard InChI is InChI=1S/C21H27NO4S/c1-24-20-13-16(9-10-19(20)26-15-17-5-3-11-25-17)14-22-21(23)8-2-6-18-7-4-12-27-18/h4,7,9-10,12-13,17H,2-3,5-6,8,11,14-15H2,1H3,(H,22,23). The maximum Gasteiger partial charge on any atom is 0.220 e. The smallest absolute Gasteiger partial charge is 0.220 e. The fourth-order valence-corrected chi connectivity index (χ4v) is 3.82. The summed E-state index contributed by atoms with van der Waals surface area (Å²) in [7, 11) is 1.63. The summed E-state index contributed by atoms with van der Waals surface area (Å²) in [5.74, 6) is 1.46. The molecule has 0 spiro atoms. The number of carbonyl (C=O) groups excluding carboxylic acids is 1. The summed E-state index contributed by atoms with van der Waals surface area (Å²) in [6.07, 6.45) is 4.66. The Balaban J connectivity index is 1.42. The van der Waals surface area contributed by atoms with Crippen molar-refractivity contribution in [1.29, 1.82) is 0 Å². The molecule has 0 aliphatic carbocycles. The predicted octanol–water partition coefficient (Wildman–Crippen LogP) is 3.95. The molecule has 1 N–H and O–H groups in total. The van der Waals surface area contributed by atoms with Gasteiger partial charge >= 0.3 is 0 Å². The molecule has 1 unspecified atom stereocenters. The topological polar surface area (TPSA) is 56.8 Å². The molecule has 1 amide bonds. The molecule has 1 atom stereocenters. The van der Waals surface area contributed by atoms with Gasteiger partial charge in [0.05, 0.1) is 13.2 Å². The van der Waals surface area contributed by atoms with E-state index in [0.717, 1.165) is 37.9 Å². The Kier molecular flexibility index (Phi) is 7.54. The maximum absolute atomic E-state index is 12.0. The van der Waals surface area contributed by atoms with Gasteiger partial charge in [0.25, 0.3) is 0 Å². The number of rotatable bonds is 10. The van der Waals surface area contributed by atoms with E-state index >= 15 is 0 Å². The number of thiophene rings is 1. The van der Waals surface area contributed by atoms with Crippen molar-refractivity contribution in [3.05, 3.63) is 46.2 Å². The molecule has 3 rings (SSSR count). The lowest BCUT2D eigenvalue weighted by Crippen LogP contribution is -2.22. The van der Waals surface area contributed by atoms with Gasteiger partial charge in [0.1, 0.15) is 6.61 Å². The largest absolute Gasteiger partial charge is 0.493 e. The highest BCUT2D eigenvalue weighted by atomic mass is 32.1. The van der Waals surface area contributed by atoms with Crippen molar-refractivity contribution >= 4 is 17.2 Å². The van der Waals surface area contributed by atoms with E-state index in [-0.39, 0.29) is 12.0 Å². The minimum absolute atomic E-state index is 0.0734. The first-order chi connectivity index (χ1) is 13.2. The van der Waals surface area contributed by atoms with Gasteiger partial charge in [-0.25, -0.2) is 0 Å². The third-order valence-corrected chi connectivity index (χ3v) is 5.51. The number of nitrogens with one attached hydrogen (secondary N) is 1. The summed E-state index contributed by atoms with van der Waals surface area (Å²) in [6, 6.07) is 9.92. The SMILES string of the molecule is COc1cc(CNC(=O)CCCc2cccs2)ccc1OCC1CCCO1. The van der Waals surface area contributed by atoms with E-state index in [9.17, 15) is 4.79 Å². The normalized spacial score (nSPS) is 16.3. The highest BCUT2D eigenvalue weighted by Gasteiger charge is 2.17. The summed E-state index contributed by atoms with van der Waals surface area (Å²) in [5, 5.41) is 5.04. The van der Waals surface area contributed by atoms with E-state index in [0.29, 0.717) is 31.1 Å². The van der Waals surface area contributed by atoms with Crippen molar-refractivity contribution in [2.75, 3.05) is 20.3 Å². The number of carbonyl (C=O) groups is 1. The van der Waals surface area contributed by atoms with E-state index in [1.54, 1.807) is 18.4 Å². The second-order valence-corrected chi connectivity index (χ2v) is 7.67. The van der Waals surface area contributed by atoms with Gasteiger partial charge in [0.15, 0.2) is 11.5 Å². The molecular weight excluding hydrogens is 362 g/mol. The lowest BCUT2D eigenvalue weighted by Gasteiger charge is -2.15. The highest BCUT2D eigenvalue weighted by Crippen LogP contribution is 2.29. The van der Waals surface area contributed by atoms with Crippen molar-refractivity contribution < 1.29 is 19.0 Å². The van der Waals surface area contributed by atoms with Gasteiger partial charge in [-0.3, -0.25) is 4.79 Å². The second-order valence-electron chi connectivity index (χ2n) is 6.64. The van der Waals surface area contributed by atoms with Gasteiger partial charge in [0, 0.05) is 24.4 Å². The zero-order valence-electron chi connectivity index (χ0n) is 15.7. The lowest BCUT2D eigenvalue weighted by atomic mass is 10.1. The van der Waals surface area contributed by atoms with Crippen LogP contribution in [0, 0.1) is 0 Å². The molecule has 1 saturated heterocycles. The van der Waals surface area contributed by atoms with E-state index in [4.69, 9.17) is 14.2 Å². The van der Waals surface area contributed by atoms with Crippen molar-refractivity contribution in [1.82, 2.24) is 5.32 Å². The number of hydrogen-bond acceptors (Lipinski definition) is 5. The second kappa shape index (κ2) is 10.3. The number of ether oxygens (including phenoxy) is 3. The Morgan fingerprint density at radius 1 is 1.33 bits per heavy atom. The van der Waals surface area contributed by atoms with Crippen LogP contribution in [0.25, 0.3) is 0 Å². The molecule has 0 radical (unpaired) electrons. The highest BCUT2D eigenvalue weighted by molar-refractivity contribution is 7.09. The Hall–Kier alpha value is -2.05. The zero-order valence-corrected chi connectivity index (χ0v) is 16.6. The minimum Gasteiger partial charge on any atom is -0.493 e. The molecule has 27 heavy (non-hydrogen) atoms. The van der Waals surface area contributed by atoms with E-state index < -0.39 is 0 Å². The van der Waals surface area contributed by atoms with E-state index in [1.165, 1.54) is 4.88 Å². The number of hydrogen-bond donors (Lipinski definition) is 1. The summed E-state index contributed by atoms with van der Waals surface area (Å²) in [6.45, 7) is 1.84. The number of aryl methyl sites for hydroxylation is 1. The van der Waals surface area contributed by atoms with Crippen LogP contribution in [0.15, 0.2) is 35.7 Å². The molecule has 1 aromatic carbocycles. The predicted molar refractivity (Wildman–Crippen MR) is 107 cm³/mol. The van der Waals surface area contributed by atoms with Gasteiger partial charge in [-0.2, -0.15) is 0 Å². The average molecular weight is 390 g/mol. The summed E-state index contributed by atoms with van der Waals surface area (Å²) in [4.78, 5) is 13.4. The fraction of sp³-hybridized carbons (Fsp3) is 0.476. The van der Waals surface area contributed by atoms with Crippen molar-refractivity contribution in [2.45, 2.75) is 44.8 Å². The van der Waals surface area contributed by atoms with Crippen LogP contribution < -0.4 is 14.8 Å². The molecular formula is C21H27NO4S. The van der Waals surface area contributed by atoms with Crippen LogP contribution in [0.1, 0.15) is 36.1 Å². The Labute approximate surface area is 164 Å². The quantitative estimate of drug-likeness (QED) is 0.668. The molecule has 6 heteroatoms. The first-order valence-corrected chi connectivity index (χ1v) is 10.3. The van der Waals surface area contributed by atoms with Crippen LogP contribution in [0.5, 0.6) is 11.5 Å². The summed E-state index contributed by atoms with van der Waals surface area (Å²) >= 11 is 1.74. The van der Waals surface area contributed by atoms with Crippen LogP contribution in [-0.2, 0) is 22.5 Å². The zero-order chi connectivity index (χ0) is 18.9. The molecule has 1 aromatic heterocycles. The fourth-order valence-electron chi connectivity index (χ4n) is 3.07. The minimum atomic E-state index is 0.0734. The van der Waals surface area contributed by atoms with Crippen molar-refractivity contribution in [3.63, 3.8) is 0 Å². The van der Waals surface area contributed by atoms with Gasteiger partial charge in [0.2, 0.25) is 5.91 Å². The van der Waals surface area contributed by atoms with Crippen LogP contribution in [0.4, 0.5) is 0 Å². The van der Waals surface area contributed by atoms with Gasteiger partial charge in [-0.1, -0.05) is 12.1 Å². The molecule has 2 aromatic rings. The molecule has 1 aliphatic heterocycles. The summed E-state index contributed by atoms with van der Waals surface area (Å²) in [5.41, 5.74) is 0.989. The number of amides is 1. The van der Waals surface area contributed by atoms with Crippen LogP contribution in [0.3, 0.4) is 0 Å². The first kappa shape index (κ1) is 19.7. The molecule has 146 valence electrons. The van der Waals surface area contributed by atoms with Gasteiger partial charge < -0.3 is 19.5 Å². The first-order valence-electron chi connectivity index (χ1n) is 9.45. The molecule has 0 bridgehead atoms. The van der Waals surface area contributed by atoms with Crippen molar-refractivity contribution in [2.24, 2.45) is 0 Å². The number of methoxy groups -OCH3 is 1. The maximum atomic E-state index is 12.0. The Morgan fingerprint density at radius 2 is 2.26 bits per heavy atom. The monoisotopic (exact) mass is 389 g/mol. The van der Waals surface area contributed by atoms with Gasteiger partial charge in [-0.15, -0.1) is 11.3 Å². The van der Waals surface area contributed by atoms with Crippen LogP contribution in [-0.4, -0.2) is 32.3 Å². The Bertz CT molecular complexity index is 711. The van der Waals surface area contributed by atoms with Gasteiger partial charge in [-0.05, 0) is 54.8 Å². The lowest BCUT2D eigenvalue weighted by molar-refractivity contribution is -0.121. The van der Waals surface area contributed by atoms with E-state index in [1.807, 2.05) is 24.3 Å². The number of benzene rings is 1. The third-order valence-electron chi connectivity index (χ3n) is 4.57. The molecule has 0 saturated carbocycles. The summed E-state index contributed by atoms with van der Waals surface area (Å²) < 4.78 is 16.9. The Morgan fingerprint density at radius 3 is 3.00 bits per heavy atom.